The molecule has 1 aromatic carbocycles. The maximum Gasteiger partial charge on any atom is 0.247 e. The topological polar surface area (TPSA) is 38.9 Å². The molecule has 1 aromatic heterocycles. The zero-order valence-electron chi connectivity index (χ0n) is 8.97. The summed E-state index contributed by atoms with van der Waals surface area (Å²) in [6, 6.07) is 8.26. The molecule has 0 radical (unpaired) electrons. The van der Waals surface area contributed by atoms with Gasteiger partial charge in [-0.2, -0.15) is 0 Å². The first kappa shape index (κ1) is 9.90. The fourth-order valence-corrected chi connectivity index (χ4v) is 1.55. The van der Waals surface area contributed by atoms with E-state index in [0.717, 1.165) is 12.0 Å². The van der Waals surface area contributed by atoms with Gasteiger partial charge in [0.15, 0.2) is 0 Å². The van der Waals surface area contributed by atoms with Gasteiger partial charge >= 0.3 is 0 Å². The van der Waals surface area contributed by atoms with Gasteiger partial charge in [-0.3, -0.25) is 0 Å². The van der Waals surface area contributed by atoms with Crippen LogP contribution in [0.25, 0.3) is 11.5 Å². The van der Waals surface area contributed by atoms with E-state index < -0.39 is 0 Å². The maximum absolute atomic E-state index is 5.12. The van der Waals surface area contributed by atoms with E-state index >= 15 is 0 Å². The quantitative estimate of drug-likeness (QED) is 0.768. The van der Waals surface area contributed by atoms with Crippen molar-refractivity contribution >= 4 is 0 Å². The summed E-state index contributed by atoms with van der Waals surface area (Å²) in [5, 5.41) is 7.51. The number of aromatic nitrogens is 2. The summed E-state index contributed by atoms with van der Waals surface area (Å²) in [4.78, 5) is 0. The van der Waals surface area contributed by atoms with Crippen LogP contribution in [-0.4, -0.2) is 10.2 Å². The second kappa shape index (κ2) is 4.26. The number of nitrogens with zero attached hydrogens (tertiary/aromatic N) is 2. The largest absolute Gasteiger partial charge is 0.423 e. The van der Waals surface area contributed by atoms with Crippen LogP contribution in [-0.2, 0) is 6.42 Å². The Labute approximate surface area is 89.2 Å². The Balaban J connectivity index is 2.17. The lowest BCUT2D eigenvalue weighted by Gasteiger charge is -2.04. The molecule has 0 bridgehead atoms. The third-order valence-corrected chi connectivity index (χ3v) is 2.20. The molecule has 0 unspecified atom stereocenters. The van der Waals surface area contributed by atoms with Crippen LogP contribution >= 0.6 is 0 Å². The molecule has 3 nitrogen and oxygen atoms in total. The van der Waals surface area contributed by atoms with Gasteiger partial charge in [-0.05, 0) is 30.0 Å². The summed E-state index contributed by atoms with van der Waals surface area (Å²) in [5.74, 6) is 1.25. The standard InChI is InChI=1S/C12H14N2O/c1-9(2)7-10-3-5-11(6-4-10)12-14-13-8-15-12/h3-6,8-9H,7H2,1-2H3. The molecule has 0 N–H and O–H groups in total. The number of benzene rings is 1. The Kier molecular flexibility index (Phi) is 2.81. The van der Waals surface area contributed by atoms with E-state index in [9.17, 15) is 0 Å². The summed E-state index contributed by atoms with van der Waals surface area (Å²) >= 11 is 0. The highest BCUT2D eigenvalue weighted by Crippen LogP contribution is 2.17. The van der Waals surface area contributed by atoms with Crippen LogP contribution in [0, 0.1) is 5.92 Å². The highest BCUT2D eigenvalue weighted by atomic mass is 16.4. The predicted octanol–water partition coefficient (Wildman–Crippen LogP) is 2.94. The molecule has 1 heterocycles. The highest BCUT2D eigenvalue weighted by molar-refractivity contribution is 5.52. The molecular formula is C12H14N2O. The molecule has 0 aliphatic carbocycles. The van der Waals surface area contributed by atoms with Crippen molar-refractivity contribution in [3.05, 3.63) is 36.2 Å². The Morgan fingerprint density at radius 1 is 1.20 bits per heavy atom. The Morgan fingerprint density at radius 3 is 2.47 bits per heavy atom. The van der Waals surface area contributed by atoms with Gasteiger partial charge in [-0.15, -0.1) is 10.2 Å². The minimum Gasteiger partial charge on any atom is -0.423 e. The maximum atomic E-state index is 5.12. The first-order valence-corrected chi connectivity index (χ1v) is 5.11. The van der Waals surface area contributed by atoms with E-state index in [1.165, 1.54) is 12.0 Å². The fourth-order valence-electron chi connectivity index (χ4n) is 1.55. The van der Waals surface area contributed by atoms with Gasteiger partial charge in [-0.1, -0.05) is 26.0 Å². The van der Waals surface area contributed by atoms with E-state index in [-0.39, 0.29) is 0 Å². The van der Waals surface area contributed by atoms with Gasteiger partial charge in [0.25, 0.3) is 0 Å². The number of rotatable bonds is 3. The van der Waals surface area contributed by atoms with Gasteiger partial charge in [0, 0.05) is 5.56 Å². The van der Waals surface area contributed by atoms with E-state index in [1.807, 2.05) is 12.1 Å². The number of hydrogen-bond acceptors (Lipinski definition) is 3. The molecule has 0 fully saturated rings. The highest BCUT2D eigenvalue weighted by Gasteiger charge is 2.03. The summed E-state index contributed by atoms with van der Waals surface area (Å²) < 4.78 is 5.12. The molecule has 2 aromatic rings. The lowest BCUT2D eigenvalue weighted by atomic mass is 10.0. The molecule has 0 spiro atoms. The fraction of sp³-hybridized carbons (Fsp3) is 0.333. The van der Waals surface area contributed by atoms with Crippen molar-refractivity contribution in [1.29, 1.82) is 0 Å². The van der Waals surface area contributed by atoms with Gasteiger partial charge in [0.05, 0.1) is 0 Å². The first-order valence-electron chi connectivity index (χ1n) is 5.11. The minimum atomic E-state index is 0.575. The molecule has 0 amide bonds. The Bertz CT molecular complexity index is 404. The monoisotopic (exact) mass is 202 g/mol. The van der Waals surface area contributed by atoms with E-state index in [0.29, 0.717) is 11.8 Å². The first-order chi connectivity index (χ1) is 7.25. The van der Waals surface area contributed by atoms with Gasteiger partial charge < -0.3 is 4.42 Å². The smallest absolute Gasteiger partial charge is 0.247 e. The second-order valence-electron chi connectivity index (χ2n) is 4.04. The van der Waals surface area contributed by atoms with Gasteiger partial charge in [-0.25, -0.2) is 0 Å². The summed E-state index contributed by atoms with van der Waals surface area (Å²) in [6.07, 6.45) is 2.45. The van der Waals surface area contributed by atoms with Crippen molar-refractivity contribution in [2.45, 2.75) is 20.3 Å². The van der Waals surface area contributed by atoms with E-state index in [2.05, 4.69) is 36.2 Å². The third kappa shape index (κ3) is 2.43. The van der Waals surface area contributed by atoms with Crippen molar-refractivity contribution in [3.63, 3.8) is 0 Å². The molecule has 0 aliphatic rings. The Hall–Kier alpha value is -1.64. The lowest BCUT2D eigenvalue weighted by Crippen LogP contribution is -1.93. The summed E-state index contributed by atoms with van der Waals surface area (Å²) in [6.45, 7) is 4.43. The normalized spacial score (nSPS) is 10.9. The van der Waals surface area contributed by atoms with Crippen molar-refractivity contribution < 1.29 is 4.42 Å². The zero-order chi connectivity index (χ0) is 10.7. The number of hydrogen-bond donors (Lipinski definition) is 0. The van der Waals surface area contributed by atoms with Crippen LogP contribution in [0.2, 0.25) is 0 Å². The summed E-state index contributed by atoms with van der Waals surface area (Å²) in [5.41, 5.74) is 2.31. The molecular weight excluding hydrogens is 188 g/mol. The van der Waals surface area contributed by atoms with Crippen LogP contribution in [0.3, 0.4) is 0 Å². The Morgan fingerprint density at radius 2 is 1.93 bits per heavy atom. The van der Waals surface area contributed by atoms with Gasteiger partial charge in [0.2, 0.25) is 12.3 Å². The zero-order valence-corrected chi connectivity index (χ0v) is 8.97. The third-order valence-electron chi connectivity index (χ3n) is 2.20. The predicted molar refractivity (Wildman–Crippen MR) is 58.3 cm³/mol. The molecule has 0 aliphatic heterocycles. The SMILES string of the molecule is CC(C)Cc1ccc(-c2nnco2)cc1. The van der Waals surface area contributed by atoms with Crippen molar-refractivity contribution in [2.75, 3.05) is 0 Å². The van der Waals surface area contributed by atoms with E-state index in [4.69, 9.17) is 4.42 Å². The van der Waals surface area contributed by atoms with Crippen molar-refractivity contribution in [3.8, 4) is 11.5 Å². The second-order valence-corrected chi connectivity index (χ2v) is 4.04. The molecule has 0 atom stereocenters. The van der Waals surface area contributed by atoms with Gasteiger partial charge in [0.1, 0.15) is 0 Å². The van der Waals surface area contributed by atoms with Crippen LogP contribution < -0.4 is 0 Å². The molecule has 0 saturated heterocycles. The van der Waals surface area contributed by atoms with Crippen LogP contribution in [0.4, 0.5) is 0 Å². The average Bonchev–Trinajstić information content (AvgIpc) is 2.71. The molecule has 0 saturated carbocycles. The van der Waals surface area contributed by atoms with Crippen LogP contribution in [0.5, 0.6) is 0 Å². The van der Waals surface area contributed by atoms with Crippen LogP contribution in [0.15, 0.2) is 35.1 Å². The van der Waals surface area contributed by atoms with Crippen LogP contribution in [0.1, 0.15) is 19.4 Å². The lowest BCUT2D eigenvalue weighted by molar-refractivity contribution is 0.568. The minimum absolute atomic E-state index is 0.575. The molecule has 3 heteroatoms. The molecule has 2 rings (SSSR count). The van der Waals surface area contributed by atoms with Crippen molar-refractivity contribution in [1.82, 2.24) is 10.2 Å². The van der Waals surface area contributed by atoms with E-state index in [1.54, 1.807) is 0 Å². The molecule has 15 heavy (non-hydrogen) atoms. The average molecular weight is 202 g/mol. The molecule has 78 valence electrons. The van der Waals surface area contributed by atoms with Crippen molar-refractivity contribution in [2.24, 2.45) is 5.92 Å². The summed E-state index contributed by atoms with van der Waals surface area (Å²) in [7, 11) is 0.